The maximum absolute atomic E-state index is 4.17. The highest BCUT2D eigenvalue weighted by Crippen LogP contribution is 2.37. The molecule has 1 atom stereocenters. The van der Waals surface area contributed by atoms with E-state index < -0.39 is 0 Å². The Morgan fingerprint density at radius 1 is 1.35 bits per heavy atom. The van der Waals surface area contributed by atoms with Gasteiger partial charge in [0.05, 0.1) is 0 Å². The Morgan fingerprint density at radius 3 is 2.65 bits per heavy atom. The molecule has 1 heteroatoms. The molecule has 0 amide bonds. The lowest BCUT2D eigenvalue weighted by Crippen LogP contribution is -2.38. The van der Waals surface area contributed by atoms with Crippen LogP contribution in [0.25, 0.3) is 5.57 Å². The maximum atomic E-state index is 4.17. The average molecular weight is 229 g/mol. The summed E-state index contributed by atoms with van der Waals surface area (Å²) in [5, 5.41) is 3.67. The summed E-state index contributed by atoms with van der Waals surface area (Å²) < 4.78 is 0. The molecule has 1 saturated carbocycles. The summed E-state index contributed by atoms with van der Waals surface area (Å²) in [6, 6.07) is 11.1. The molecule has 92 valence electrons. The zero-order valence-corrected chi connectivity index (χ0v) is 11.0. The Bertz CT molecular complexity index is 378. The number of hydrogen-bond donors (Lipinski definition) is 1. The zero-order valence-electron chi connectivity index (χ0n) is 11.0. The monoisotopic (exact) mass is 229 g/mol. The molecule has 1 aliphatic carbocycles. The van der Waals surface area contributed by atoms with Crippen molar-refractivity contribution in [1.29, 1.82) is 0 Å². The van der Waals surface area contributed by atoms with Gasteiger partial charge in [-0.15, -0.1) is 0 Å². The van der Waals surface area contributed by atoms with Crippen molar-refractivity contribution < 1.29 is 0 Å². The van der Waals surface area contributed by atoms with E-state index in [1.54, 1.807) is 0 Å². The fourth-order valence-electron chi connectivity index (χ4n) is 2.73. The topological polar surface area (TPSA) is 12.0 Å². The van der Waals surface area contributed by atoms with Crippen molar-refractivity contribution >= 4 is 5.57 Å². The van der Waals surface area contributed by atoms with Gasteiger partial charge in [-0.2, -0.15) is 0 Å². The van der Waals surface area contributed by atoms with Crippen molar-refractivity contribution in [2.24, 2.45) is 5.41 Å². The second-order valence-electron chi connectivity index (χ2n) is 5.78. The smallest absolute Gasteiger partial charge is 0.0208 e. The van der Waals surface area contributed by atoms with Crippen LogP contribution < -0.4 is 5.32 Å². The Kier molecular flexibility index (Phi) is 3.68. The Morgan fingerprint density at radius 2 is 2.06 bits per heavy atom. The fourth-order valence-corrected chi connectivity index (χ4v) is 2.73. The summed E-state index contributed by atoms with van der Waals surface area (Å²) in [6.45, 7) is 9.80. The van der Waals surface area contributed by atoms with Crippen LogP contribution in [-0.4, -0.2) is 12.6 Å². The second kappa shape index (κ2) is 5.05. The van der Waals surface area contributed by atoms with Gasteiger partial charge in [0.2, 0.25) is 0 Å². The van der Waals surface area contributed by atoms with Gasteiger partial charge in [0.1, 0.15) is 0 Å². The number of rotatable bonds is 4. The van der Waals surface area contributed by atoms with Gasteiger partial charge in [0.25, 0.3) is 0 Å². The summed E-state index contributed by atoms with van der Waals surface area (Å²) in [4.78, 5) is 0. The molecule has 1 aromatic carbocycles. The summed E-state index contributed by atoms with van der Waals surface area (Å²) in [7, 11) is 0. The van der Waals surface area contributed by atoms with Crippen LogP contribution in [0.1, 0.15) is 38.7 Å². The first-order valence-corrected chi connectivity index (χ1v) is 6.56. The van der Waals surface area contributed by atoms with Crippen molar-refractivity contribution in [2.45, 2.75) is 39.2 Å². The average Bonchev–Trinajstić information content (AvgIpc) is 2.66. The van der Waals surface area contributed by atoms with Crippen molar-refractivity contribution in [3.8, 4) is 0 Å². The molecule has 1 aliphatic rings. The lowest BCUT2D eigenvalue weighted by atomic mass is 9.87. The number of hydrogen-bond acceptors (Lipinski definition) is 1. The SMILES string of the molecule is C=C(CNC1CCCC1(C)C)c1ccccc1. The van der Waals surface area contributed by atoms with Crippen LogP contribution in [0.4, 0.5) is 0 Å². The Hall–Kier alpha value is -1.08. The Labute approximate surface area is 105 Å². The summed E-state index contributed by atoms with van der Waals surface area (Å²) in [5.74, 6) is 0. The standard InChI is InChI=1S/C16H23N/c1-13(14-8-5-4-6-9-14)12-17-15-10-7-11-16(15,2)3/h4-6,8-9,15,17H,1,7,10-12H2,2-3H3. The molecular formula is C16H23N. The lowest BCUT2D eigenvalue weighted by molar-refractivity contribution is 0.292. The quantitative estimate of drug-likeness (QED) is 0.826. The third-order valence-electron chi connectivity index (χ3n) is 4.00. The molecular weight excluding hydrogens is 206 g/mol. The molecule has 1 nitrogen and oxygen atoms in total. The van der Waals surface area contributed by atoms with Gasteiger partial charge in [-0.1, -0.05) is 57.2 Å². The fraction of sp³-hybridized carbons (Fsp3) is 0.500. The van der Waals surface area contributed by atoms with E-state index in [2.05, 4.69) is 50.0 Å². The number of nitrogens with one attached hydrogen (secondary N) is 1. The molecule has 0 bridgehead atoms. The molecule has 1 unspecified atom stereocenters. The molecule has 17 heavy (non-hydrogen) atoms. The maximum Gasteiger partial charge on any atom is 0.0208 e. The van der Waals surface area contributed by atoms with Gasteiger partial charge in [-0.25, -0.2) is 0 Å². The highest BCUT2D eigenvalue weighted by molar-refractivity contribution is 5.64. The van der Waals surface area contributed by atoms with Gasteiger partial charge in [-0.05, 0) is 29.4 Å². The van der Waals surface area contributed by atoms with E-state index in [-0.39, 0.29) is 0 Å². The first kappa shape index (κ1) is 12.4. The van der Waals surface area contributed by atoms with Crippen LogP contribution >= 0.6 is 0 Å². The molecule has 1 aromatic rings. The first-order valence-electron chi connectivity index (χ1n) is 6.56. The minimum Gasteiger partial charge on any atom is -0.309 e. The van der Waals surface area contributed by atoms with Gasteiger partial charge in [0, 0.05) is 12.6 Å². The predicted octanol–water partition coefficient (Wildman–Crippen LogP) is 3.87. The Balaban J connectivity index is 1.89. The molecule has 0 aromatic heterocycles. The largest absolute Gasteiger partial charge is 0.309 e. The van der Waals surface area contributed by atoms with E-state index >= 15 is 0 Å². The third kappa shape index (κ3) is 2.98. The van der Waals surface area contributed by atoms with E-state index in [4.69, 9.17) is 0 Å². The molecule has 1 N–H and O–H groups in total. The summed E-state index contributed by atoms with van der Waals surface area (Å²) in [6.07, 6.45) is 3.99. The van der Waals surface area contributed by atoms with Crippen molar-refractivity contribution in [2.75, 3.05) is 6.54 Å². The van der Waals surface area contributed by atoms with Crippen molar-refractivity contribution in [1.82, 2.24) is 5.32 Å². The van der Waals surface area contributed by atoms with E-state index in [1.807, 2.05) is 6.07 Å². The normalized spacial score (nSPS) is 22.6. The second-order valence-corrected chi connectivity index (χ2v) is 5.78. The van der Waals surface area contributed by atoms with E-state index in [1.165, 1.54) is 30.4 Å². The third-order valence-corrected chi connectivity index (χ3v) is 4.00. The minimum absolute atomic E-state index is 0.441. The predicted molar refractivity (Wildman–Crippen MR) is 74.9 cm³/mol. The highest BCUT2D eigenvalue weighted by Gasteiger charge is 2.33. The van der Waals surface area contributed by atoms with Crippen LogP contribution in [0.15, 0.2) is 36.9 Å². The molecule has 0 aliphatic heterocycles. The zero-order chi connectivity index (χ0) is 12.3. The first-order chi connectivity index (χ1) is 8.09. The van der Waals surface area contributed by atoms with Gasteiger partial charge >= 0.3 is 0 Å². The van der Waals surface area contributed by atoms with Crippen LogP contribution in [0.3, 0.4) is 0 Å². The number of benzene rings is 1. The molecule has 2 rings (SSSR count). The van der Waals surface area contributed by atoms with Gasteiger partial charge in [-0.3, -0.25) is 0 Å². The van der Waals surface area contributed by atoms with E-state index in [9.17, 15) is 0 Å². The highest BCUT2D eigenvalue weighted by atomic mass is 14.9. The molecule has 0 saturated heterocycles. The van der Waals surface area contributed by atoms with Crippen LogP contribution in [0.5, 0.6) is 0 Å². The van der Waals surface area contributed by atoms with Gasteiger partial charge in [0.15, 0.2) is 0 Å². The summed E-state index contributed by atoms with van der Waals surface area (Å²) >= 11 is 0. The van der Waals surface area contributed by atoms with Crippen LogP contribution in [-0.2, 0) is 0 Å². The van der Waals surface area contributed by atoms with E-state index in [0.29, 0.717) is 11.5 Å². The van der Waals surface area contributed by atoms with Crippen molar-refractivity contribution in [3.05, 3.63) is 42.5 Å². The molecule has 0 spiro atoms. The van der Waals surface area contributed by atoms with Crippen LogP contribution in [0, 0.1) is 5.41 Å². The van der Waals surface area contributed by atoms with Crippen LogP contribution in [0.2, 0.25) is 0 Å². The minimum atomic E-state index is 0.441. The molecule has 0 heterocycles. The summed E-state index contributed by atoms with van der Waals surface area (Å²) in [5.41, 5.74) is 2.88. The molecule has 1 fully saturated rings. The van der Waals surface area contributed by atoms with Crippen molar-refractivity contribution in [3.63, 3.8) is 0 Å². The molecule has 0 radical (unpaired) electrons. The van der Waals surface area contributed by atoms with Gasteiger partial charge < -0.3 is 5.32 Å². The van der Waals surface area contributed by atoms with E-state index in [0.717, 1.165) is 6.54 Å². The lowest BCUT2D eigenvalue weighted by Gasteiger charge is -2.28.